The molecule has 4 heteroatoms. The number of ether oxygens (including phenoxy) is 1. The molecule has 0 aliphatic carbocycles. The molecular weight excluding hydrogens is 290 g/mol. The largest absolute Gasteiger partial charge is 0.361 e. The lowest BCUT2D eigenvalue weighted by atomic mass is 10.1. The van der Waals surface area contributed by atoms with Crippen molar-refractivity contribution in [1.82, 2.24) is 4.57 Å². The molecular formula is C18H25NO2Si. The predicted octanol–water partition coefficient (Wildman–Crippen LogP) is 4.20. The number of hydrogen-bond acceptors (Lipinski definition) is 2. The minimum atomic E-state index is -1.07. The van der Waals surface area contributed by atoms with Gasteiger partial charge in [0.25, 0.3) is 0 Å². The van der Waals surface area contributed by atoms with Crippen LogP contribution >= 0.6 is 0 Å². The molecule has 0 radical (unpaired) electrons. The Kier molecular flexibility index (Phi) is 5.74. The normalized spacial score (nSPS) is 11.6. The Labute approximate surface area is 133 Å². The van der Waals surface area contributed by atoms with Gasteiger partial charge < -0.3 is 9.30 Å². The first-order valence-corrected chi connectivity index (χ1v) is 11.4. The fourth-order valence-corrected chi connectivity index (χ4v) is 3.02. The van der Waals surface area contributed by atoms with Gasteiger partial charge in [-0.05, 0) is 29.7 Å². The summed E-state index contributed by atoms with van der Waals surface area (Å²) in [6, 6.07) is 13.4. The van der Waals surface area contributed by atoms with E-state index in [4.69, 9.17) is 4.74 Å². The van der Waals surface area contributed by atoms with Crippen molar-refractivity contribution in [2.45, 2.75) is 38.8 Å². The maximum Gasteiger partial charge on any atom is 0.166 e. The highest BCUT2D eigenvalue weighted by atomic mass is 28.3. The van der Waals surface area contributed by atoms with E-state index in [-0.39, 0.29) is 0 Å². The van der Waals surface area contributed by atoms with Gasteiger partial charge in [-0.2, -0.15) is 0 Å². The van der Waals surface area contributed by atoms with Gasteiger partial charge >= 0.3 is 0 Å². The number of aldehydes is 1. The molecule has 0 spiro atoms. The summed E-state index contributed by atoms with van der Waals surface area (Å²) >= 11 is 0. The van der Waals surface area contributed by atoms with Gasteiger partial charge in [-0.15, -0.1) is 0 Å². The third-order valence-corrected chi connectivity index (χ3v) is 5.29. The van der Waals surface area contributed by atoms with Crippen molar-refractivity contribution in [2.75, 3.05) is 6.61 Å². The van der Waals surface area contributed by atoms with E-state index in [1.807, 2.05) is 35.0 Å². The number of hydrogen-bond donors (Lipinski definition) is 0. The van der Waals surface area contributed by atoms with E-state index in [0.29, 0.717) is 12.4 Å². The van der Waals surface area contributed by atoms with Gasteiger partial charge in [0.15, 0.2) is 6.29 Å². The molecule has 0 amide bonds. The Morgan fingerprint density at radius 3 is 2.50 bits per heavy atom. The molecule has 0 aliphatic heterocycles. The zero-order valence-corrected chi connectivity index (χ0v) is 14.7. The average Bonchev–Trinajstić information content (AvgIpc) is 2.86. The number of benzene rings is 1. The van der Waals surface area contributed by atoms with Crippen molar-refractivity contribution in [3.8, 4) is 0 Å². The highest BCUT2D eigenvalue weighted by Crippen LogP contribution is 2.14. The Morgan fingerprint density at radius 1 is 1.14 bits per heavy atom. The smallest absolute Gasteiger partial charge is 0.166 e. The van der Waals surface area contributed by atoms with Crippen LogP contribution in [0.5, 0.6) is 0 Å². The lowest BCUT2D eigenvalue weighted by Gasteiger charge is -2.15. The van der Waals surface area contributed by atoms with Crippen molar-refractivity contribution in [3.63, 3.8) is 0 Å². The van der Waals surface area contributed by atoms with Crippen LogP contribution in [0.3, 0.4) is 0 Å². The van der Waals surface area contributed by atoms with Crippen LogP contribution in [0.1, 0.15) is 21.6 Å². The van der Waals surface area contributed by atoms with Gasteiger partial charge in [-0.3, -0.25) is 4.79 Å². The first kappa shape index (κ1) is 16.7. The molecule has 1 aromatic heterocycles. The summed E-state index contributed by atoms with van der Waals surface area (Å²) in [6.45, 7) is 8.22. The third-order valence-electron chi connectivity index (χ3n) is 3.59. The maximum absolute atomic E-state index is 11.2. The summed E-state index contributed by atoms with van der Waals surface area (Å²) in [5.74, 6) is 0. The Balaban J connectivity index is 1.95. The lowest BCUT2D eigenvalue weighted by molar-refractivity contribution is 0.0837. The van der Waals surface area contributed by atoms with E-state index in [0.717, 1.165) is 30.9 Å². The van der Waals surface area contributed by atoms with Gasteiger partial charge in [-0.1, -0.05) is 50.0 Å². The summed E-state index contributed by atoms with van der Waals surface area (Å²) in [5.41, 5.74) is 3.07. The second-order valence-corrected chi connectivity index (χ2v) is 12.5. The molecule has 0 bridgehead atoms. The van der Waals surface area contributed by atoms with E-state index in [2.05, 4.69) is 31.8 Å². The van der Waals surface area contributed by atoms with Crippen molar-refractivity contribution in [3.05, 3.63) is 59.4 Å². The second-order valence-electron chi connectivity index (χ2n) is 6.87. The molecule has 2 aromatic rings. The molecule has 0 unspecified atom stereocenters. The maximum atomic E-state index is 11.2. The van der Waals surface area contributed by atoms with Crippen LogP contribution in [0.25, 0.3) is 0 Å². The highest BCUT2D eigenvalue weighted by Gasteiger charge is 2.12. The van der Waals surface area contributed by atoms with Gasteiger partial charge in [0, 0.05) is 20.9 Å². The molecule has 2 rings (SSSR count). The molecule has 1 aromatic carbocycles. The summed E-state index contributed by atoms with van der Waals surface area (Å²) in [5, 5.41) is 0. The van der Waals surface area contributed by atoms with Crippen molar-refractivity contribution in [1.29, 1.82) is 0 Å². The quantitative estimate of drug-likeness (QED) is 0.415. The van der Waals surface area contributed by atoms with E-state index in [1.54, 1.807) is 0 Å². The zero-order chi connectivity index (χ0) is 16.0. The fraction of sp³-hybridized carbons (Fsp3) is 0.389. The van der Waals surface area contributed by atoms with E-state index >= 15 is 0 Å². The van der Waals surface area contributed by atoms with Crippen LogP contribution in [0, 0.1) is 0 Å². The summed E-state index contributed by atoms with van der Waals surface area (Å²) in [6.07, 6.45) is 3.76. The second kappa shape index (κ2) is 7.56. The third kappa shape index (κ3) is 5.28. The standard InChI is InChI=1S/C18H25NO2Si/c1-22(2,3)10-9-21-15-19-13-17(12-18(19)14-20)11-16-7-5-4-6-8-16/h4-8,12-14H,9-11,15H2,1-3H3. The molecule has 0 saturated carbocycles. The zero-order valence-electron chi connectivity index (χ0n) is 13.7. The van der Waals surface area contributed by atoms with Crippen LogP contribution < -0.4 is 0 Å². The minimum Gasteiger partial charge on any atom is -0.361 e. The van der Waals surface area contributed by atoms with Crippen LogP contribution in [0.15, 0.2) is 42.6 Å². The Bertz CT molecular complexity index is 599. The van der Waals surface area contributed by atoms with Gasteiger partial charge in [0.1, 0.15) is 6.73 Å². The molecule has 118 valence electrons. The monoisotopic (exact) mass is 315 g/mol. The molecule has 1 heterocycles. The van der Waals surface area contributed by atoms with Crippen LogP contribution in [0.2, 0.25) is 25.7 Å². The molecule has 0 fully saturated rings. The molecule has 0 atom stereocenters. The predicted molar refractivity (Wildman–Crippen MR) is 93.2 cm³/mol. The Morgan fingerprint density at radius 2 is 1.86 bits per heavy atom. The number of carbonyl (C=O) groups is 1. The first-order valence-electron chi connectivity index (χ1n) is 7.74. The number of carbonyl (C=O) groups excluding carboxylic acids is 1. The molecule has 3 nitrogen and oxygen atoms in total. The van der Waals surface area contributed by atoms with Crippen LogP contribution in [-0.4, -0.2) is 25.5 Å². The van der Waals surface area contributed by atoms with Gasteiger partial charge in [0.2, 0.25) is 0 Å². The lowest BCUT2D eigenvalue weighted by Crippen LogP contribution is -2.22. The van der Waals surface area contributed by atoms with Crippen LogP contribution in [0.4, 0.5) is 0 Å². The van der Waals surface area contributed by atoms with Gasteiger partial charge in [-0.25, -0.2) is 0 Å². The van der Waals surface area contributed by atoms with E-state index in [1.165, 1.54) is 5.56 Å². The number of aromatic nitrogens is 1. The van der Waals surface area contributed by atoms with E-state index in [9.17, 15) is 4.79 Å². The summed E-state index contributed by atoms with van der Waals surface area (Å²) in [7, 11) is -1.07. The minimum absolute atomic E-state index is 0.452. The summed E-state index contributed by atoms with van der Waals surface area (Å²) < 4.78 is 7.64. The first-order chi connectivity index (χ1) is 10.5. The molecule has 0 saturated heterocycles. The van der Waals surface area contributed by atoms with E-state index < -0.39 is 8.07 Å². The average molecular weight is 315 g/mol. The number of rotatable bonds is 8. The number of nitrogens with zero attached hydrogens (tertiary/aromatic N) is 1. The van der Waals surface area contributed by atoms with Gasteiger partial charge in [0.05, 0.1) is 5.69 Å². The highest BCUT2D eigenvalue weighted by molar-refractivity contribution is 6.76. The fourth-order valence-electron chi connectivity index (χ4n) is 2.27. The van der Waals surface area contributed by atoms with Crippen molar-refractivity contribution in [2.24, 2.45) is 0 Å². The summed E-state index contributed by atoms with van der Waals surface area (Å²) in [4.78, 5) is 11.2. The molecule has 22 heavy (non-hydrogen) atoms. The van der Waals surface area contributed by atoms with Crippen molar-refractivity contribution >= 4 is 14.4 Å². The topological polar surface area (TPSA) is 31.2 Å². The van der Waals surface area contributed by atoms with Crippen LogP contribution in [-0.2, 0) is 17.9 Å². The Hall–Kier alpha value is -1.65. The SMILES string of the molecule is C[Si](C)(C)CCOCn1cc(Cc2ccccc2)cc1C=O. The van der Waals surface area contributed by atoms with Crippen molar-refractivity contribution < 1.29 is 9.53 Å². The molecule has 0 N–H and O–H groups in total. The molecule has 0 aliphatic rings.